The van der Waals surface area contributed by atoms with E-state index in [0.29, 0.717) is 11.0 Å². The largest absolute Gasteiger partial charge is 0.312 e. The number of amides is 1. The lowest BCUT2D eigenvalue weighted by Gasteiger charge is -2.24. The van der Waals surface area contributed by atoms with Crippen LogP contribution in [0.1, 0.15) is 16.8 Å². The molecule has 0 saturated carbocycles. The van der Waals surface area contributed by atoms with Crippen molar-refractivity contribution in [3.8, 4) is 0 Å². The number of carbonyl (C=O) groups excluding carboxylic acids is 1. The number of carbonyl (C=O) groups is 1. The molecule has 1 aromatic carbocycles. The van der Waals surface area contributed by atoms with Gasteiger partial charge in [-0.3, -0.25) is 14.9 Å². The zero-order chi connectivity index (χ0) is 20.8. The molecule has 1 fully saturated rings. The summed E-state index contributed by atoms with van der Waals surface area (Å²) in [5.41, 5.74) is 3.99. The number of sulfone groups is 1. The number of fused-ring (bicyclic) bond motifs is 1. The number of aliphatic imine (C=N–C) groups is 1. The van der Waals surface area contributed by atoms with Crippen LogP contribution in [0.4, 0.5) is 11.5 Å². The molecule has 29 heavy (non-hydrogen) atoms. The number of nitrogens with one attached hydrogen (secondary N) is 2. The van der Waals surface area contributed by atoms with Crippen molar-refractivity contribution in [2.24, 2.45) is 4.99 Å². The van der Waals surface area contributed by atoms with Crippen LogP contribution >= 0.6 is 11.8 Å². The Morgan fingerprint density at radius 2 is 2.03 bits per heavy atom. The third-order valence-corrected chi connectivity index (χ3v) is 8.36. The molecule has 0 radical (unpaired) electrons. The molecule has 1 saturated heterocycles. The Bertz CT molecular complexity index is 1090. The highest BCUT2D eigenvalue weighted by Crippen LogP contribution is 2.37. The number of anilines is 2. The number of rotatable bonds is 4. The number of hydrogen-bond donors (Lipinski definition) is 2. The van der Waals surface area contributed by atoms with Gasteiger partial charge in [-0.15, -0.1) is 0 Å². The van der Waals surface area contributed by atoms with Gasteiger partial charge in [0.05, 0.1) is 17.5 Å². The first-order valence-corrected chi connectivity index (χ1v) is 12.0. The van der Waals surface area contributed by atoms with Crippen molar-refractivity contribution in [1.29, 1.82) is 0 Å². The Kier molecular flexibility index (Phi) is 5.16. The predicted octanol–water partition coefficient (Wildman–Crippen LogP) is 2.05. The van der Waals surface area contributed by atoms with E-state index in [1.54, 1.807) is 6.07 Å². The van der Waals surface area contributed by atoms with Crippen LogP contribution in [-0.2, 0) is 14.6 Å². The van der Waals surface area contributed by atoms with E-state index in [0.717, 1.165) is 22.5 Å². The topological polar surface area (TPSA) is 108 Å². The Balaban J connectivity index is 1.59. The van der Waals surface area contributed by atoms with E-state index >= 15 is 0 Å². The van der Waals surface area contributed by atoms with Gasteiger partial charge in [0.25, 0.3) is 0 Å². The maximum Gasteiger partial charge on any atom is 0.245 e. The van der Waals surface area contributed by atoms with Crippen LogP contribution in [-0.4, -0.2) is 59.0 Å². The van der Waals surface area contributed by atoms with Crippen LogP contribution < -0.4 is 10.2 Å². The Labute approximate surface area is 174 Å². The number of nitrogens with zero attached hydrogens (tertiary/aromatic N) is 3. The van der Waals surface area contributed by atoms with Crippen molar-refractivity contribution in [2.45, 2.75) is 32.1 Å². The third-order valence-electron chi connectivity index (χ3n) is 5.11. The second-order valence-corrected chi connectivity index (χ2v) is 10.9. The number of H-pyrrole nitrogens is 1. The number of thioether (sulfide) groups is 1. The summed E-state index contributed by atoms with van der Waals surface area (Å²) < 4.78 is 23.8. The Morgan fingerprint density at radius 1 is 1.24 bits per heavy atom. The molecule has 2 N–H and O–H groups in total. The lowest BCUT2D eigenvalue weighted by Crippen LogP contribution is -2.36. The van der Waals surface area contributed by atoms with Crippen molar-refractivity contribution in [3.05, 3.63) is 41.1 Å². The number of hydrogen-bond acceptors (Lipinski definition) is 7. The van der Waals surface area contributed by atoms with Gasteiger partial charge >= 0.3 is 0 Å². The van der Waals surface area contributed by atoms with Gasteiger partial charge in [-0.05, 0) is 44.0 Å². The standard InChI is InChI=1S/C19H23N5O3S2/c1-11-4-5-14(6-12(11)2)24(8-18(25)21-17-7-13(3)22-23-17)19-20-15-9-29(26,27)10-16(15)28-19/h4-7,15-16H,8-10H2,1-3H3,(H2,21,22,23,25)/t15-,16-/m1/s1. The predicted molar refractivity (Wildman–Crippen MR) is 116 cm³/mol. The van der Waals surface area contributed by atoms with E-state index in [4.69, 9.17) is 0 Å². The third kappa shape index (κ3) is 4.32. The number of amidine groups is 1. The van der Waals surface area contributed by atoms with Crippen molar-refractivity contribution >= 4 is 44.2 Å². The molecular weight excluding hydrogens is 410 g/mol. The summed E-state index contributed by atoms with van der Waals surface area (Å²) in [5.74, 6) is 0.460. The minimum atomic E-state index is -3.03. The van der Waals surface area contributed by atoms with Crippen LogP contribution in [0, 0.1) is 20.8 Å². The summed E-state index contributed by atoms with van der Waals surface area (Å²) in [6.45, 7) is 5.98. The maximum absolute atomic E-state index is 12.7. The molecule has 2 aromatic rings. The summed E-state index contributed by atoms with van der Waals surface area (Å²) in [7, 11) is -3.03. The van der Waals surface area contributed by atoms with Gasteiger partial charge in [0.15, 0.2) is 20.8 Å². The molecule has 3 heterocycles. The number of aromatic amines is 1. The van der Waals surface area contributed by atoms with Gasteiger partial charge in [0.2, 0.25) is 5.91 Å². The van der Waals surface area contributed by atoms with Crippen molar-refractivity contribution < 1.29 is 13.2 Å². The minimum Gasteiger partial charge on any atom is -0.312 e. The van der Waals surface area contributed by atoms with Gasteiger partial charge < -0.3 is 10.2 Å². The van der Waals surface area contributed by atoms with Crippen LogP contribution in [0.3, 0.4) is 0 Å². The average molecular weight is 434 g/mol. The summed E-state index contributed by atoms with van der Waals surface area (Å²) in [6, 6.07) is 7.51. The highest BCUT2D eigenvalue weighted by Gasteiger charge is 2.44. The normalized spacial score (nSPS) is 22.2. The molecule has 2 aliphatic heterocycles. The Morgan fingerprint density at radius 3 is 2.69 bits per heavy atom. The first-order chi connectivity index (χ1) is 13.7. The van der Waals surface area contributed by atoms with Gasteiger partial charge in [0, 0.05) is 22.7 Å². The monoisotopic (exact) mass is 433 g/mol. The zero-order valence-corrected chi connectivity index (χ0v) is 18.1. The van der Waals surface area contributed by atoms with Crippen molar-refractivity contribution in [3.63, 3.8) is 0 Å². The van der Waals surface area contributed by atoms with Crippen molar-refractivity contribution in [1.82, 2.24) is 10.2 Å². The molecule has 0 spiro atoms. The molecule has 2 aliphatic rings. The average Bonchev–Trinajstić information content (AvgIpc) is 3.27. The SMILES string of the molecule is Cc1cc(NC(=O)CN(C2=N[C@@H]3CS(=O)(=O)C[C@H]3S2)c2ccc(C)c(C)c2)n[nH]1. The summed E-state index contributed by atoms with van der Waals surface area (Å²) in [6.07, 6.45) is 0. The van der Waals surface area contributed by atoms with Gasteiger partial charge in [-0.25, -0.2) is 8.42 Å². The van der Waals surface area contributed by atoms with Crippen LogP contribution in [0.5, 0.6) is 0 Å². The molecule has 0 aliphatic carbocycles. The van der Waals surface area contributed by atoms with E-state index in [1.165, 1.54) is 11.8 Å². The zero-order valence-electron chi connectivity index (χ0n) is 16.5. The van der Waals surface area contributed by atoms with Crippen LogP contribution in [0.15, 0.2) is 29.3 Å². The van der Waals surface area contributed by atoms with Crippen molar-refractivity contribution in [2.75, 3.05) is 28.3 Å². The molecule has 4 rings (SSSR count). The molecule has 1 amide bonds. The fraction of sp³-hybridized carbons (Fsp3) is 0.421. The molecule has 2 atom stereocenters. The van der Waals surface area contributed by atoms with Crippen LogP contribution in [0.25, 0.3) is 0 Å². The van der Waals surface area contributed by atoms with E-state index in [-0.39, 0.29) is 35.2 Å². The molecule has 1 aromatic heterocycles. The molecule has 10 heteroatoms. The first-order valence-electron chi connectivity index (χ1n) is 9.32. The minimum absolute atomic E-state index is 0.0619. The molecule has 0 unspecified atom stereocenters. The van der Waals surface area contributed by atoms with Gasteiger partial charge in [0.1, 0.15) is 6.54 Å². The summed E-state index contributed by atoms with van der Waals surface area (Å²) >= 11 is 1.44. The van der Waals surface area contributed by atoms with E-state index in [2.05, 4.69) is 20.5 Å². The second kappa shape index (κ2) is 7.49. The number of aromatic nitrogens is 2. The fourth-order valence-electron chi connectivity index (χ4n) is 3.44. The maximum atomic E-state index is 12.7. The molecule has 0 bridgehead atoms. The van der Waals surface area contributed by atoms with E-state index < -0.39 is 9.84 Å². The highest BCUT2D eigenvalue weighted by molar-refractivity contribution is 8.15. The number of benzene rings is 1. The number of aryl methyl sites for hydroxylation is 3. The Hall–Kier alpha value is -2.33. The lowest BCUT2D eigenvalue weighted by molar-refractivity contribution is -0.114. The van der Waals surface area contributed by atoms with Gasteiger partial charge in [-0.2, -0.15) is 5.10 Å². The lowest BCUT2D eigenvalue weighted by atomic mass is 10.1. The molecule has 154 valence electrons. The van der Waals surface area contributed by atoms with Crippen LogP contribution in [0.2, 0.25) is 0 Å². The fourth-order valence-corrected chi connectivity index (χ4v) is 7.22. The highest BCUT2D eigenvalue weighted by atomic mass is 32.2. The van der Waals surface area contributed by atoms with Gasteiger partial charge in [-0.1, -0.05) is 17.8 Å². The second-order valence-electron chi connectivity index (χ2n) is 7.55. The molecular formula is C19H23N5O3S2. The van der Waals surface area contributed by atoms with E-state index in [9.17, 15) is 13.2 Å². The summed E-state index contributed by atoms with van der Waals surface area (Å²) in [4.78, 5) is 19.2. The molecule has 8 nitrogen and oxygen atoms in total. The van der Waals surface area contributed by atoms with E-state index in [1.807, 2.05) is 43.9 Å². The quantitative estimate of drug-likeness (QED) is 0.764. The first kappa shape index (κ1) is 20.0. The summed E-state index contributed by atoms with van der Waals surface area (Å²) in [5, 5.41) is 10.2. The smallest absolute Gasteiger partial charge is 0.245 e.